The van der Waals surface area contributed by atoms with Gasteiger partial charge in [0.25, 0.3) is 0 Å². The van der Waals surface area contributed by atoms with E-state index in [4.69, 9.17) is 4.74 Å². The molecule has 1 aliphatic heterocycles. The average Bonchev–Trinajstić information content (AvgIpc) is 3.29. The standard InChI is InChI=1S/C27H33N5O2S/c1-3-16-32-25(19-34-24-14-8-21(4-2)9-15-24)29-30-27(32)35-20-26(33)28-22-10-12-23(13-11-22)31-17-6-5-7-18-31/h3,8-15H,1,4-7,16-20H2,2H3,(H,28,33). The first-order chi connectivity index (χ1) is 17.2. The summed E-state index contributed by atoms with van der Waals surface area (Å²) in [7, 11) is 0. The van der Waals surface area contributed by atoms with E-state index in [1.54, 1.807) is 6.08 Å². The lowest BCUT2D eigenvalue weighted by atomic mass is 10.1. The maximum absolute atomic E-state index is 12.6. The number of aromatic nitrogens is 3. The molecule has 1 fully saturated rings. The zero-order valence-corrected chi connectivity index (χ0v) is 21.1. The van der Waals surface area contributed by atoms with Gasteiger partial charge in [0.15, 0.2) is 11.0 Å². The fourth-order valence-electron chi connectivity index (χ4n) is 4.05. The Balaban J connectivity index is 1.30. The predicted octanol–water partition coefficient (Wildman–Crippen LogP) is 5.33. The van der Waals surface area contributed by atoms with E-state index in [-0.39, 0.29) is 11.7 Å². The number of piperidine rings is 1. The largest absolute Gasteiger partial charge is 0.486 e. The highest BCUT2D eigenvalue weighted by Crippen LogP contribution is 2.23. The highest BCUT2D eigenvalue weighted by molar-refractivity contribution is 7.99. The zero-order chi connectivity index (χ0) is 24.5. The van der Waals surface area contributed by atoms with Crippen molar-refractivity contribution in [3.05, 3.63) is 72.6 Å². The Morgan fingerprint density at radius 1 is 1.09 bits per heavy atom. The molecular weight excluding hydrogens is 458 g/mol. The van der Waals surface area contributed by atoms with Gasteiger partial charge in [-0.15, -0.1) is 16.8 Å². The maximum atomic E-state index is 12.6. The van der Waals surface area contributed by atoms with Gasteiger partial charge in [-0.1, -0.05) is 36.9 Å². The van der Waals surface area contributed by atoms with Crippen molar-refractivity contribution in [3.8, 4) is 5.75 Å². The van der Waals surface area contributed by atoms with Crippen molar-refractivity contribution >= 4 is 29.0 Å². The van der Waals surface area contributed by atoms with Crippen molar-refractivity contribution in [3.63, 3.8) is 0 Å². The molecule has 7 nitrogen and oxygen atoms in total. The highest BCUT2D eigenvalue weighted by atomic mass is 32.2. The van der Waals surface area contributed by atoms with Gasteiger partial charge in [0.05, 0.1) is 5.75 Å². The van der Waals surface area contributed by atoms with Crippen molar-refractivity contribution in [2.24, 2.45) is 0 Å². The second-order valence-corrected chi connectivity index (χ2v) is 9.46. The van der Waals surface area contributed by atoms with Crippen molar-refractivity contribution in [2.45, 2.75) is 50.9 Å². The summed E-state index contributed by atoms with van der Waals surface area (Å²) >= 11 is 1.35. The Morgan fingerprint density at radius 2 is 1.83 bits per heavy atom. The Morgan fingerprint density at radius 3 is 2.51 bits per heavy atom. The summed E-state index contributed by atoms with van der Waals surface area (Å²) in [5.74, 6) is 1.64. The van der Waals surface area contributed by atoms with Crippen molar-refractivity contribution in [1.82, 2.24) is 14.8 Å². The molecule has 35 heavy (non-hydrogen) atoms. The molecule has 1 saturated heterocycles. The van der Waals surface area contributed by atoms with Gasteiger partial charge in [-0.25, -0.2) is 0 Å². The van der Waals surface area contributed by atoms with Crippen LogP contribution in [0.1, 0.15) is 37.6 Å². The molecule has 8 heteroatoms. The number of aryl methyl sites for hydroxylation is 1. The first-order valence-corrected chi connectivity index (χ1v) is 13.2. The number of nitrogens with zero attached hydrogens (tertiary/aromatic N) is 4. The van der Waals surface area contributed by atoms with E-state index in [1.165, 1.54) is 42.3 Å². The van der Waals surface area contributed by atoms with Crippen LogP contribution >= 0.6 is 11.8 Å². The van der Waals surface area contributed by atoms with Crippen LogP contribution in [0.5, 0.6) is 5.75 Å². The van der Waals surface area contributed by atoms with E-state index in [0.29, 0.717) is 24.1 Å². The molecule has 184 valence electrons. The van der Waals surface area contributed by atoms with Gasteiger partial charge in [-0.3, -0.25) is 9.36 Å². The van der Waals surface area contributed by atoms with E-state index in [0.717, 1.165) is 30.9 Å². The third-order valence-corrected chi connectivity index (χ3v) is 6.98. The molecule has 1 aliphatic rings. The predicted molar refractivity (Wildman–Crippen MR) is 142 cm³/mol. The molecule has 2 heterocycles. The molecule has 1 aromatic heterocycles. The molecule has 0 spiro atoms. The molecule has 0 bridgehead atoms. The average molecular weight is 492 g/mol. The lowest BCUT2D eigenvalue weighted by molar-refractivity contribution is -0.113. The number of hydrogen-bond donors (Lipinski definition) is 1. The van der Waals surface area contributed by atoms with Crippen LogP contribution in [0.2, 0.25) is 0 Å². The first kappa shape index (κ1) is 24.9. The Hall–Kier alpha value is -3.26. The van der Waals surface area contributed by atoms with E-state index in [1.807, 2.05) is 28.8 Å². The molecule has 0 unspecified atom stereocenters. The molecule has 0 saturated carbocycles. The van der Waals surface area contributed by atoms with Crippen LogP contribution in [0.4, 0.5) is 11.4 Å². The fourth-order valence-corrected chi connectivity index (χ4v) is 4.82. The van der Waals surface area contributed by atoms with E-state index in [2.05, 4.69) is 58.2 Å². The third kappa shape index (κ3) is 6.88. The highest BCUT2D eigenvalue weighted by Gasteiger charge is 2.15. The van der Waals surface area contributed by atoms with E-state index in [9.17, 15) is 4.79 Å². The quantitative estimate of drug-likeness (QED) is 0.289. The number of amides is 1. The van der Waals surface area contributed by atoms with Crippen LogP contribution in [0.25, 0.3) is 0 Å². The number of carbonyl (C=O) groups excluding carboxylic acids is 1. The van der Waals surface area contributed by atoms with Gasteiger partial charge in [0.1, 0.15) is 12.4 Å². The number of rotatable bonds is 11. The number of benzene rings is 2. The topological polar surface area (TPSA) is 72.3 Å². The van der Waals surface area contributed by atoms with Crippen LogP contribution in [-0.2, 0) is 24.4 Å². The summed E-state index contributed by atoms with van der Waals surface area (Å²) in [4.78, 5) is 15.0. The van der Waals surface area contributed by atoms with Gasteiger partial charge in [-0.05, 0) is 67.6 Å². The normalized spacial score (nSPS) is 13.5. The number of allylic oxidation sites excluding steroid dienone is 1. The summed E-state index contributed by atoms with van der Waals surface area (Å²) < 4.78 is 7.83. The van der Waals surface area contributed by atoms with Crippen LogP contribution in [-0.4, -0.2) is 39.5 Å². The van der Waals surface area contributed by atoms with Crippen LogP contribution in [0, 0.1) is 0 Å². The number of thioether (sulfide) groups is 1. The SMILES string of the molecule is C=CCn1c(COc2ccc(CC)cc2)nnc1SCC(=O)Nc1ccc(N2CCCCC2)cc1. The Kier molecular flexibility index (Phi) is 8.84. The molecule has 0 atom stereocenters. The second kappa shape index (κ2) is 12.4. The van der Waals surface area contributed by atoms with Crippen LogP contribution in [0.3, 0.4) is 0 Å². The summed E-state index contributed by atoms with van der Waals surface area (Å²) in [6.45, 7) is 9.01. The van der Waals surface area contributed by atoms with Gasteiger partial charge in [0, 0.05) is 31.0 Å². The molecule has 0 radical (unpaired) electrons. The molecule has 1 amide bonds. The van der Waals surface area contributed by atoms with Crippen molar-refractivity contribution in [2.75, 3.05) is 29.1 Å². The summed E-state index contributed by atoms with van der Waals surface area (Å²) in [6.07, 6.45) is 6.57. The van der Waals surface area contributed by atoms with Gasteiger partial charge in [-0.2, -0.15) is 0 Å². The van der Waals surface area contributed by atoms with Crippen molar-refractivity contribution < 1.29 is 9.53 Å². The molecule has 0 aliphatic carbocycles. The molecule has 1 N–H and O–H groups in total. The maximum Gasteiger partial charge on any atom is 0.234 e. The first-order valence-electron chi connectivity index (χ1n) is 12.2. The molecule has 3 aromatic rings. The number of ether oxygens (including phenoxy) is 1. The molecule has 2 aromatic carbocycles. The van der Waals surface area contributed by atoms with Crippen LogP contribution in [0.15, 0.2) is 66.3 Å². The van der Waals surface area contributed by atoms with E-state index < -0.39 is 0 Å². The van der Waals surface area contributed by atoms with Gasteiger partial charge < -0.3 is 15.0 Å². The number of nitrogens with one attached hydrogen (secondary N) is 1. The minimum atomic E-state index is -0.0808. The summed E-state index contributed by atoms with van der Waals surface area (Å²) in [5, 5.41) is 12.2. The number of carbonyl (C=O) groups is 1. The van der Waals surface area contributed by atoms with Gasteiger partial charge in [0.2, 0.25) is 5.91 Å². The third-order valence-electron chi connectivity index (χ3n) is 6.01. The monoisotopic (exact) mass is 491 g/mol. The summed E-state index contributed by atoms with van der Waals surface area (Å²) in [6, 6.07) is 16.1. The number of hydrogen-bond acceptors (Lipinski definition) is 6. The smallest absolute Gasteiger partial charge is 0.234 e. The lowest BCUT2D eigenvalue weighted by Gasteiger charge is -2.28. The van der Waals surface area contributed by atoms with E-state index >= 15 is 0 Å². The van der Waals surface area contributed by atoms with Gasteiger partial charge >= 0.3 is 0 Å². The van der Waals surface area contributed by atoms with Crippen molar-refractivity contribution in [1.29, 1.82) is 0 Å². The van der Waals surface area contributed by atoms with Crippen LogP contribution < -0.4 is 15.0 Å². The Bertz CT molecular complexity index is 1110. The molecule has 4 rings (SSSR count). The summed E-state index contributed by atoms with van der Waals surface area (Å²) in [5.41, 5.74) is 3.28. The minimum absolute atomic E-state index is 0.0808. The fraction of sp³-hybridized carbons (Fsp3) is 0.370. The number of anilines is 2. The molecular formula is C27H33N5O2S. The zero-order valence-electron chi connectivity index (χ0n) is 20.3. The minimum Gasteiger partial charge on any atom is -0.486 e. The second-order valence-electron chi connectivity index (χ2n) is 8.52. The Labute approximate surface area is 211 Å². The lowest BCUT2D eigenvalue weighted by Crippen LogP contribution is -2.29.